The number of carbonyl (C=O) groups excluding carboxylic acids is 1. The van der Waals surface area contributed by atoms with Gasteiger partial charge in [0.1, 0.15) is 11.8 Å². The quantitative estimate of drug-likeness (QED) is 0.649. The molecule has 3 N–H and O–H groups in total. The van der Waals surface area contributed by atoms with Crippen LogP contribution in [0.25, 0.3) is 0 Å². The molecule has 0 radical (unpaired) electrons. The Morgan fingerprint density at radius 1 is 1.38 bits per heavy atom. The summed E-state index contributed by atoms with van der Waals surface area (Å²) in [6, 6.07) is 2.34. The van der Waals surface area contributed by atoms with Gasteiger partial charge in [-0.2, -0.15) is 11.8 Å². The normalized spacial score (nSPS) is 13.4. The summed E-state index contributed by atoms with van der Waals surface area (Å²) >= 11 is 1.55. The van der Waals surface area contributed by atoms with Crippen LogP contribution in [0.2, 0.25) is 0 Å². The molecule has 1 aromatic rings. The topological polar surface area (TPSA) is 91.6 Å². The fraction of sp³-hybridized carbons (Fsp3) is 0.571. The first-order valence-electron chi connectivity index (χ1n) is 6.84. The minimum absolute atomic E-state index is 0.0647. The molecule has 2 amide bonds. The monoisotopic (exact) mass is 314 g/mol. The molecule has 0 spiro atoms. The number of hydrogen-bond donors (Lipinski definition) is 3. The van der Waals surface area contributed by atoms with Crippen LogP contribution < -0.4 is 10.6 Å². The van der Waals surface area contributed by atoms with Crippen molar-refractivity contribution in [1.29, 1.82) is 0 Å². The standard InChI is InChI=1S/C14H22N2O4S/c1-10(5-6-11-4-3-8-20-11)15-14(19)16-12(13(17)18)7-9-21-2/h3-4,8,10,12H,5-7,9H2,1-2H3,(H,17,18)(H2,15,16,19)/t10?,12-/m0/s1. The molecule has 0 aliphatic rings. The maximum Gasteiger partial charge on any atom is 0.326 e. The van der Waals surface area contributed by atoms with Crippen LogP contribution in [-0.2, 0) is 11.2 Å². The molecular weight excluding hydrogens is 292 g/mol. The summed E-state index contributed by atoms with van der Waals surface area (Å²) in [6.45, 7) is 1.88. The lowest BCUT2D eigenvalue weighted by Crippen LogP contribution is -2.48. The first kappa shape index (κ1) is 17.4. The number of thioether (sulfide) groups is 1. The Morgan fingerprint density at radius 2 is 2.14 bits per heavy atom. The Hall–Kier alpha value is -1.63. The summed E-state index contributed by atoms with van der Waals surface area (Å²) in [6.07, 6.45) is 5.37. The van der Waals surface area contributed by atoms with Crippen molar-refractivity contribution in [1.82, 2.24) is 10.6 Å². The van der Waals surface area contributed by atoms with Gasteiger partial charge in [-0.15, -0.1) is 0 Å². The van der Waals surface area contributed by atoms with E-state index in [0.717, 1.165) is 18.6 Å². The van der Waals surface area contributed by atoms with E-state index in [9.17, 15) is 9.59 Å². The van der Waals surface area contributed by atoms with Crippen molar-refractivity contribution in [3.8, 4) is 0 Å². The van der Waals surface area contributed by atoms with Crippen molar-refractivity contribution < 1.29 is 19.1 Å². The van der Waals surface area contributed by atoms with E-state index in [-0.39, 0.29) is 6.04 Å². The van der Waals surface area contributed by atoms with Gasteiger partial charge in [-0.3, -0.25) is 0 Å². The summed E-state index contributed by atoms with van der Waals surface area (Å²) < 4.78 is 5.22. The highest BCUT2D eigenvalue weighted by Gasteiger charge is 2.20. The van der Waals surface area contributed by atoms with E-state index in [1.165, 1.54) is 0 Å². The summed E-state index contributed by atoms with van der Waals surface area (Å²) in [5.74, 6) is 0.542. The summed E-state index contributed by atoms with van der Waals surface area (Å²) in [5, 5.41) is 14.3. The Balaban J connectivity index is 2.31. The molecule has 0 aliphatic carbocycles. The predicted molar refractivity (Wildman–Crippen MR) is 82.6 cm³/mol. The highest BCUT2D eigenvalue weighted by molar-refractivity contribution is 7.98. The fourth-order valence-corrected chi connectivity index (χ4v) is 2.27. The molecule has 1 unspecified atom stereocenters. The van der Waals surface area contributed by atoms with Gasteiger partial charge in [-0.25, -0.2) is 9.59 Å². The Morgan fingerprint density at radius 3 is 2.71 bits per heavy atom. The predicted octanol–water partition coefficient (Wildman–Crippen LogP) is 2.11. The van der Waals surface area contributed by atoms with Crippen LogP contribution in [0.15, 0.2) is 22.8 Å². The summed E-state index contributed by atoms with van der Waals surface area (Å²) in [7, 11) is 0. The molecule has 7 heteroatoms. The molecule has 118 valence electrons. The molecular formula is C14H22N2O4S. The van der Waals surface area contributed by atoms with E-state index < -0.39 is 18.0 Å². The van der Waals surface area contributed by atoms with Gasteiger partial charge in [-0.1, -0.05) is 0 Å². The Kier molecular flexibility index (Phi) is 7.74. The third-order valence-corrected chi connectivity index (χ3v) is 3.64. The van der Waals surface area contributed by atoms with Crippen molar-refractivity contribution >= 4 is 23.8 Å². The van der Waals surface area contributed by atoms with Crippen LogP contribution in [0.5, 0.6) is 0 Å². The van der Waals surface area contributed by atoms with Crippen molar-refractivity contribution in [2.45, 2.75) is 38.3 Å². The second-order valence-electron chi connectivity index (χ2n) is 4.81. The number of nitrogens with one attached hydrogen (secondary N) is 2. The number of carboxylic acid groups (broad SMARTS) is 1. The molecule has 0 aromatic carbocycles. The van der Waals surface area contributed by atoms with Crippen LogP contribution in [0.3, 0.4) is 0 Å². The van der Waals surface area contributed by atoms with Gasteiger partial charge >= 0.3 is 12.0 Å². The first-order valence-corrected chi connectivity index (χ1v) is 8.23. The van der Waals surface area contributed by atoms with Crippen LogP contribution in [0.4, 0.5) is 4.79 Å². The first-order chi connectivity index (χ1) is 10.0. The number of hydrogen-bond acceptors (Lipinski definition) is 4. The number of amides is 2. The van der Waals surface area contributed by atoms with Crippen molar-refractivity contribution in [3.63, 3.8) is 0 Å². The Labute approximate surface area is 128 Å². The zero-order valence-corrected chi connectivity index (χ0v) is 13.1. The van der Waals surface area contributed by atoms with Gasteiger partial charge in [0.15, 0.2) is 0 Å². The van der Waals surface area contributed by atoms with E-state index in [0.29, 0.717) is 12.2 Å². The molecule has 0 aliphatic heterocycles. The van der Waals surface area contributed by atoms with E-state index >= 15 is 0 Å². The van der Waals surface area contributed by atoms with E-state index in [1.807, 2.05) is 25.3 Å². The van der Waals surface area contributed by atoms with Gasteiger partial charge in [0.25, 0.3) is 0 Å². The van der Waals surface area contributed by atoms with E-state index in [2.05, 4.69) is 10.6 Å². The number of carboxylic acids is 1. The number of aliphatic carboxylic acids is 1. The van der Waals surface area contributed by atoms with Gasteiger partial charge in [0.2, 0.25) is 0 Å². The van der Waals surface area contributed by atoms with Crippen molar-refractivity contribution in [2.75, 3.05) is 12.0 Å². The summed E-state index contributed by atoms with van der Waals surface area (Å²) in [4.78, 5) is 22.8. The number of rotatable bonds is 9. The largest absolute Gasteiger partial charge is 0.480 e. The number of furan rings is 1. The van der Waals surface area contributed by atoms with Gasteiger partial charge < -0.3 is 20.2 Å². The van der Waals surface area contributed by atoms with Crippen LogP contribution >= 0.6 is 11.8 Å². The third-order valence-electron chi connectivity index (χ3n) is 3.00. The molecule has 1 aromatic heterocycles. The average Bonchev–Trinajstić information content (AvgIpc) is 2.94. The second-order valence-corrected chi connectivity index (χ2v) is 5.79. The van der Waals surface area contributed by atoms with E-state index in [4.69, 9.17) is 9.52 Å². The van der Waals surface area contributed by atoms with Crippen LogP contribution in [0, 0.1) is 0 Å². The second kappa shape index (κ2) is 9.33. The zero-order chi connectivity index (χ0) is 15.7. The minimum atomic E-state index is -1.01. The molecule has 2 atom stereocenters. The maximum absolute atomic E-state index is 11.8. The highest BCUT2D eigenvalue weighted by Crippen LogP contribution is 2.06. The van der Waals surface area contributed by atoms with E-state index in [1.54, 1.807) is 18.0 Å². The molecule has 0 fully saturated rings. The number of urea groups is 1. The van der Waals surface area contributed by atoms with Crippen molar-refractivity contribution in [3.05, 3.63) is 24.2 Å². The van der Waals surface area contributed by atoms with Crippen LogP contribution in [-0.4, -0.2) is 41.2 Å². The SMILES string of the molecule is CSCC[C@H](NC(=O)NC(C)CCc1ccco1)C(=O)O. The maximum atomic E-state index is 11.8. The lowest BCUT2D eigenvalue weighted by atomic mass is 10.1. The lowest BCUT2D eigenvalue weighted by molar-refractivity contribution is -0.139. The third kappa shape index (κ3) is 7.08. The molecule has 0 saturated heterocycles. The number of aryl methyl sites for hydroxylation is 1. The fourth-order valence-electron chi connectivity index (χ4n) is 1.80. The van der Waals surface area contributed by atoms with Crippen LogP contribution in [0.1, 0.15) is 25.5 Å². The zero-order valence-electron chi connectivity index (χ0n) is 12.3. The molecule has 6 nitrogen and oxygen atoms in total. The summed E-state index contributed by atoms with van der Waals surface area (Å²) in [5.41, 5.74) is 0. The van der Waals surface area contributed by atoms with Crippen molar-refractivity contribution in [2.24, 2.45) is 0 Å². The molecule has 1 rings (SSSR count). The lowest BCUT2D eigenvalue weighted by Gasteiger charge is -2.18. The molecule has 0 bridgehead atoms. The van der Waals surface area contributed by atoms with Gasteiger partial charge in [-0.05, 0) is 43.9 Å². The van der Waals surface area contributed by atoms with Gasteiger partial charge in [0.05, 0.1) is 6.26 Å². The molecule has 0 saturated carbocycles. The number of carbonyl (C=O) groups is 2. The molecule has 1 heterocycles. The highest BCUT2D eigenvalue weighted by atomic mass is 32.2. The minimum Gasteiger partial charge on any atom is -0.480 e. The molecule has 21 heavy (non-hydrogen) atoms. The average molecular weight is 314 g/mol. The smallest absolute Gasteiger partial charge is 0.326 e. The Bertz CT molecular complexity index is 436. The van der Waals surface area contributed by atoms with Gasteiger partial charge in [0, 0.05) is 12.5 Å².